The van der Waals surface area contributed by atoms with Gasteiger partial charge in [-0.25, -0.2) is 9.97 Å². The summed E-state index contributed by atoms with van der Waals surface area (Å²) in [5.74, 6) is 1.42. The molecule has 0 aromatic carbocycles. The molecule has 0 spiro atoms. The summed E-state index contributed by atoms with van der Waals surface area (Å²) in [6.07, 6.45) is 1.08. The van der Waals surface area contributed by atoms with Gasteiger partial charge in [0.1, 0.15) is 5.82 Å². The highest BCUT2D eigenvalue weighted by atomic mass is 15.0. The molecule has 0 aliphatic rings. The molecule has 1 rings (SSSR count). The molecule has 3 heteroatoms. The summed E-state index contributed by atoms with van der Waals surface area (Å²) in [4.78, 5) is 9.10. The molecule has 1 aromatic rings. The van der Waals surface area contributed by atoms with E-state index in [2.05, 4.69) is 49.0 Å². The van der Waals surface area contributed by atoms with E-state index < -0.39 is 0 Å². The Balaban J connectivity index is 2.81. The molecule has 0 fully saturated rings. The van der Waals surface area contributed by atoms with Gasteiger partial charge in [0.05, 0.1) is 5.69 Å². The van der Waals surface area contributed by atoms with E-state index >= 15 is 0 Å². The van der Waals surface area contributed by atoms with Crippen molar-refractivity contribution in [3.05, 3.63) is 23.3 Å². The molecule has 16 heavy (non-hydrogen) atoms. The first-order valence-corrected chi connectivity index (χ1v) is 6.10. The van der Waals surface area contributed by atoms with Gasteiger partial charge in [-0.3, -0.25) is 0 Å². The lowest BCUT2D eigenvalue weighted by atomic mass is 10.1. The van der Waals surface area contributed by atoms with Crippen molar-refractivity contribution in [2.75, 3.05) is 0 Å². The van der Waals surface area contributed by atoms with Crippen molar-refractivity contribution in [1.29, 1.82) is 0 Å². The predicted molar refractivity (Wildman–Crippen MR) is 67.5 cm³/mol. The zero-order valence-corrected chi connectivity index (χ0v) is 11.0. The fourth-order valence-electron chi connectivity index (χ4n) is 1.46. The highest BCUT2D eigenvalue weighted by Crippen LogP contribution is 2.15. The topological polar surface area (TPSA) is 37.8 Å². The average molecular weight is 221 g/mol. The van der Waals surface area contributed by atoms with Crippen molar-refractivity contribution >= 4 is 0 Å². The minimum absolute atomic E-state index is 0.442. The molecular formula is C13H23N3. The van der Waals surface area contributed by atoms with Crippen molar-refractivity contribution < 1.29 is 0 Å². The lowest BCUT2D eigenvalue weighted by Crippen LogP contribution is -2.23. The Bertz CT molecular complexity index is 334. The minimum Gasteiger partial charge on any atom is -0.309 e. The Hall–Kier alpha value is -0.960. The maximum absolute atomic E-state index is 4.60. The number of aromatic nitrogens is 2. The van der Waals surface area contributed by atoms with Gasteiger partial charge in [-0.15, -0.1) is 0 Å². The second-order valence-electron chi connectivity index (χ2n) is 4.70. The largest absolute Gasteiger partial charge is 0.309 e. The van der Waals surface area contributed by atoms with Gasteiger partial charge in [0.15, 0.2) is 0 Å². The van der Waals surface area contributed by atoms with E-state index in [0.29, 0.717) is 12.0 Å². The lowest BCUT2D eigenvalue weighted by Gasteiger charge is -2.12. The maximum Gasteiger partial charge on any atom is 0.131 e. The third-order valence-corrected chi connectivity index (χ3v) is 2.67. The first-order valence-electron chi connectivity index (χ1n) is 6.10. The van der Waals surface area contributed by atoms with Crippen LogP contribution in [0.2, 0.25) is 0 Å². The Labute approximate surface area is 98.7 Å². The number of hydrogen-bond acceptors (Lipinski definition) is 3. The van der Waals surface area contributed by atoms with Gasteiger partial charge in [-0.2, -0.15) is 0 Å². The molecule has 0 aliphatic heterocycles. The van der Waals surface area contributed by atoms with E-state index in [4.69, 9.17) is 0 Å². The van der Waals surface area contributed by atoms with E-state index in [9.17, 15) is 0 Å². The third kappa shape index (κ3) is 3.89. The minimum atomic E-state index is 0.442. The first-order chi connectivity index (χ1) is 7.52. The quantitative estimate of drug-likeness (QED) is 0.831. The molecular weight excluding hydrogens is 198 g/mol. The van der Waals surface area contributed by atoms with Crippen LogP contribution < -0.4 is 5.32 Å². The van der Waals surface area contributed by atoms with Gasteiger partial charge in [0.2, 0.25) is 0 Å². The van der Waals surface area contributed by atoms with Crippen LogP contribution in [0.5, 0.6) is 0 Å². The number of aryl methyl sites for hydroxylation is 1. The highest BCUT2D eigenvalue weighted by molar-refractivity contribution is 5.12. The molecule has 0 aliphatic carbocycles. The van der Waals surface area contributed by atoms with E-state index in [-0.39, 0.29) is 0 Å². The Morgan fingerprint density at radius 1 is 1.25 bits per heavy atom. The molecule has 1 atom stereocenters. The van der Waals surface area contributed by atoms with Crippen LogP contribution in [0.3, 0.4) is 0 Å². The molecule has 3 nitrogen and oxygen atoms in total. The highest BCUT2D eigenvalue weighted by Gasteiger charge is 2.08. The van der Waals surface area contributed by atoms with Crippen molar-refractivity contribution in [3.8, 4) is 0 Å². The summed E-state index contributed by atoms with van der Waals surface area (Å²) in [7, 11) is 0. The van der Waals surface area contributed by atoms with Crippen LogP contribution in [-0.4, -0.2) is 16.0 Å². The molecule has 0 amide bonds. The summed E-state index contributed by atoms with van der Waals surface area (Å²) in [6.45, 7) is 11.5. The van der Waals surface area contributed by atoms with Crippen molar-refractivity contribution in [3.63, 3.8) is 0 Å². The van der Waals surface area contributed by atoms with Crippen molar-refractivity contribution in [1.82, 2.24) is 15.3 Å². The molecule has 1 heterocycles. The number of hydrogen-bond donors (Lipinski definition) is 1. The van der Waals surface area contributed by atoms with Crippen molar-refractivity contribution in [2.24, 2.45) is 0 Å². The second kappa shape index (κ2) is 5.94. The van der Waals surface area contributed by atoms with Crippen LogP contribution in [0.1, 0.15) is 57.2 Å². The summed E-state index contributed by atoms with van der Waals surface area (Å²) < 4.78 is 0. The molecule has 0 radical (unpaired) electrons. The molecule has 90 valence electrons. The predicted octanol–water partition coefficient (Wildman–Crippen LogP) is 2.80. The molecule has 1 aromatic heterocycles. The van der Waals surface area contributed by atoms with E-state index in [0.717, 1.165) is 30.2 Å². The standard InChI is InChI=1S/C13H23N3/c1-6-10(4)13-15-11(5)7-12(16-13)8-14-9(2)3/h7,9-10,14H,6,8H2,1-5H3. The van der Waals surface area contributed by atoms with Crippen LogP contribution in [0, 0.1) is 6.92 Å². The van der Waals surface area contributed by atoms with E-state index in [1.165, 1.54) is 0 Å². The fraction of sp³-hybridized carbons (Fsp3) is 0.692. The van der Waals surface area contributed by atoms with Gasteiger partial charge >= 0.3 is 0 Å². The van der Waals surface area contributed by atoms with Gasteiger partial charge in [0.25, 0.3) is 0 Å². The summed E-state index contributed by atoms with van der Waals surface area (Å²) >= 11 is 0. The van der Waals surface area contributed by atoms with Crippen LogP contribution in [0.15, 0.2) is 6.07 Å². The Morgan fingerprint density at radius 2 is 1.94 bits per heavy atom. The third-order valence-electron chi connectivity index (χ3n) is 2.67. The lowest BCUT2D eigenvalue weighted by molar-refractivity contribution is 0.573. The Kier molecular flexibility index (Phi) is 4.87. The van der Waals surface area contributed by atoms with Gasteiger partial charge in [0, 0.05) is 24.2 Å². The molecule has 1 unspecified atom stereocenters. The monoisotopic (exact) mass is 221 g/mol. The van der Waals surface area contributed by atoms with Gasteiger partial charge < -0.3 is 5.32 Å². The van der Waals surface area contributed by atoms with Gasteiger partial charge in [-0.05, 0) is 19.4 Å². The zero-order valence-electron chi connectivity index (χ0n) is 11.0. The molecule has 0 bridgehead atoms. The van der Waals surface area contributed by atoms with Crippen LogP contribution in [-0.2, 0) is 6.54 Å². The molecule has 1 N–H and O–H groups in total. The zero-order chi connectivity index (χ0) is 12.1. The first kappa shape index (κ1) is 13.1. The summed E-state index contributed by atoms with van der Waals surface area (Å²) in [5.41, 5.74) is 2.15. The average Bonchev–Trinajstić information content (AvgIpc) is 2.24. The molecule has 0 saturated heterocycles. The van der Waals surface area contributed by atoms with Crippen molar-refractivity contribution in [2.45, 2.75) is 59.5 Å². The SMILES string of the molecule is CCC(C)c1nc(C)cc(CNC(C)C)n1. The van der Waals surface area contributed by atoms with E-state index in [1.54, 1.807) is 0 Å². The van der Waals surface area contributed by atoms with Gasteiger partial charge in [-0.1, -0.05) is 27.7 Å². The molecule has 0 saturated carbocycles. The maximum atomic E-state index is 4.60. The number of nitrogens with zero attached hydrogens (tertiary/aromatic N) is 2. The van der Waals surface area contributed by atoms with Crippen LogP contribution in [0.25, 0.3) is 0 Å². The summed E-state index contributed by atoms with van der Waals surface area (Å²) in [5, 5.41) is 3.38. The van der Waals surface area contributed by atoms with Crippen LogP contribution >= 0.6 is 0 Å². The number of rotatable bonds is 5. The Morgan fingerprint density at radius 3 is 2.50 bits per heavy atom. The van der Waals surface area contributed by atoms with Crippen LogP contribution in [0.4, 0.5) is 0 Å². The number of nitrogens with one attached hydrogen (secondary N) is 1. The van der Waals surface area contributed by atoms with E-state index in [1.807, 2.05) is 6.92 Å². The smallest absolute Gasteiger partial charge is 0.131 e. The normalized spacial score (nSPS) is 13.1. The summed E-state index contributed by atoms with van der Waals surface area (Å²) in [6, 6.07) is 2.55. The second-order valence-corrected chi connectivity index (χ2v) is 4.70. The fourth-order valence-corrected chi connectivity index (χ4v) is 1.46.